The van der Waals surface area contributed by atoms with E-state index in [4.69, 9.17) is 9.47 Å². The number of para-hydroxylation sites is 1. The number of alkyl carbamates (subject to hydrolysis) is 1. The van der Waals surface area contributed by atoms with Crippen molar-refractivity contribution in [3.63, 3.8) is 0 Å². The van der Waals surface area contributed by atoms with E-state index < -0.39 is 87.0 Å². The third-order valence-electron chi connectivity index (χ3n) is 10.5. The van der Waals surface area contributed by atoms with Crippen molar-refractivity contribution in [1.29, 1.82) is 0 Å². The van der Waals surface area contributed by atoms with Crippen LogP contribution in [-0.2, 0) is 33.9 Å². The summed E-state index contributed by atoms with van der Waals surface area (Å²) in [5, 5.41) is 4.29. The monoisotopic (exact) mass is 771 g/mol. The molecule has 54 heavy (non-hydrogen) atoms. The number of benzene rings is 2. The average Bonchev–Trinajstić information content (AvgIpc) is 4.01. The minimum absolute atomic E-state index is 0.120. The van der Waals surface area contributed by atoms with E-state index in [-0.39, 0.29) is 19.1 Å². The fourth-order valence-electron chi connectivity index (χ4n) is 7.17. The first-order chi connectivity index (χ1) is 25.6. The number of carbonyl (C=O) groups is 4. The summed E-state index contributed by atoms with van der Waals surface area (Å²) >= 11 is 0. The molecule has 0 aromatic heterocycles. The Hall–Kier alpha value is -4.60. The van der Waals surface area contributed by atoms with Crippen molar-refractivity contribution in [2.45, 2.75) is 114 Å². The molecule has 16 heteroatoms. The quantitative estimate of drug-likeness (QED) is 0.192. The lowest BCUT2D eigenvalue weighted by molar-refractivity contribution is -0.143. The third kappa shape index (κ3) is 8.85. The molecule has 2 aromatic carbocycles. The first-order valence-corrected chi connectivity index (χ1v) is 19.9. The van der Waals surface area contributed by atoms with Crippen LogP contribution in [0.2, 0.25) is 0 Å². The van der Waals surface area contributed by atoms with Crippen LogP contribution in [0.5, 0.6) is 0 Å². The molecule has 4 fully saturated rings. The van der Waals surface area contributed by atoms with E-state index in [1.807, 2.05) is 53.3 Å². The molecule has 4 aliphatic rings. The average molecular weight is 772 g/mol. The van der Waals surface area contributed by atoms with Crippen LogP contribution in [0.25, 0.3) is 11.1 Å². The number of likely N-dealkylation sites (tertiary alicyclic amines) is 1. The maximum absolute atomic E-state index is 14.4. The van der Waals surface area contributed by atoms with Crippen molar-refractivity contribution in [3.05, 3.63) is 54.6 Å². The standard InChI is InChI=1S/C38H47F2N5O8S/c1-37(2,3)31(42-36(49)53-24-13-7-8-14-24)34(47)45-21-25(52-22-41-29-16-10-9-15-27(29)23-11-5-4-6-12-23)19-30(45)33(46)43-38(20-28(38)32(39)40)35(48)44-54(50,51)26-17-18-26/h4-6,9-12,15-16,22,24-26,28,30-32H,7-8,13-14,17-21H2,1-3H3,(H,42,49)(H,43,46)(H,44,48)/t25-,28+,30+,31-,38+/m1/s1. The largest absolute Gasteiger partial charge is 0.478 e. The Labute approximate surface area is 313 Å². The number of rotatable bonds is 13. The van der Waals surface area contributed by atoms with Crippen molar-refractivity contribution in [3.8, 4) is 11.1 Å². The smallest absolute Gasteiger partial charge is 0.408 e. The molecule has 5 atom stereocenters. The van der Waals surface area contributed by atoms with Gasteiger partial charge in [-0.1, -0.05) is 69.3 Å². The summed E-state index contributed by atoms with van der Waals surface area (Å²) in [4.78, 5) is 60.5. The van der Waals surface area contributed by atoms with Crippen molar-refractivity contribution in [2.24, 2.45) is 16.3 Å². The lowest BCUT2D eigenvalue weighted by Gasteiger charge is -2.35. The molecule has 13 nitrogen and oxygen atoms in total. The van der Waals surface area contributed by atoms with Gasteiger partial charge in [0.15, 0.2) is 6.40 Å². The zero-order chi connectivity index (χ0) is 38.8. The molecule has 4 amide bonds. The summed E-state index contributed by atoms with van der Waals surface area (Å²) in [5.74, 6) is -4.48. The van der Waals surface area contributed by atoms with E-state index in [1.165, 1.54) is 11.3 Å². The molecule has 0 spiro atoms. The summed E-state index contributed by atoms with van der Waals surface area (Å²) in [5.41, 5.74) is -0.702. The molecule has 1 aliphatic heterocycles. The molecule has 292 valence electrons. The van der Waals surface area contributed by atoms with Gasteiger partial charge in [-0.15, -0.1) is 0 Å². The minimum Gasteiger partial charge on any atom is -0.478 e. The lowest BCUT2D eigenvalue weighted by Crippen LogP contribution is -2.60. The van der Waals surface area contributed by atoms with E-state index in [1.54, 1.807) is 26.8 Å². The topological polar surface area (TPSA) is 173 Å². The highest BCUT2D eigenvalue weighted by Crippen LogP contribution is 2.48. The first-order valence-electron chi connectivity index (χ1n) is 18.4. The fourth-order valence-corrected chi connectivity index (χ4v) is 8.54. The SMILES string of the molecule is CC(C)(C)[C@H](NC(=O)OC1CCCC1)C(=O)N1C[C@H](OC=Nc2ccccc2-c2ccccc2)C[C@H]1C(=O)N[C@@]1(C(=O)NS(=O)(=O)C2CC2)C[C@H]1C(F)F. The van der Waals surface area contributed by atoms with Gasteiger partial charge in [0, 0.05) is 12.0 Å². The summed E-state index contributed by atoms with van der Waals surface area (Å²) in [6.45, 7) is 5.05. The van der Waals surface area contributed by atoms with Crippen LogP contribution in [0.15, 0.2) is 59.6 Å². The first kappa shape index (κ1) is 39.1. The van der Waals surface area contributed by atoms with E-state index in [9.17, 15) is 36.4 Å². The summed E-state index contributed by atoms with van der Waals surface area (Å²) in [6, 6.07) is 14.5. The highest BCUT2D eigenvalue weighted by molar-refractivity contribution is 7.91. The molecule has 1 heterocycles. The Kier molecular flexibility index (Phi) is 11.3. The maximum Gasteiger partial charge on any atom is 0.408 e. The predicted molar refractivity (Wildman–Crippen MR) is 195 cm³/mol. The number of amides is 4. The van der Waals surface area contributed by atoms with Gasteiger partial charge in [-0.05, 0) is 62.0 Å². The lowest BCUT2D eigenvalue weighted by atomic mass is 9.85. The highest BCUT2D eigenvalue weighted by atomic mass is 32.2. The summed E-state index contributed by atoms with van der Waals surface area (Å²) in [6.07, 6.45) is -0.360. The number of hydrogen-bond acceptors (Lipinski definition) is 9. The minimum atomic E-state index is -4.12. The van der Waals surface area contributed by atoms with Gasteiger partial charge in [-0.3, -0.25) is 19.1 Å². The van der Waals surface area contributed by atoms with Crippen molar-refractivity contribution >= 4 is 45.9 Å². The van der Waals surface area contributed by atoms with Gasteiger partial charge in [0.05, 0.1) is 23.4 Å². The molecule has 0 radical (unpaired) electrons. The zero-order valence-corrected chi connectivity index (χ0v) is 31.3. The number of nitrogens with one attached hydrogen (secondary N) is 3. The van der Waals surface area contributed by atoms with Gasteiger partial charge in [0.1, 0.15) is 29.8 Å². The Morgan fingerprint density at radius 1 is 0.963 bits per heavy atom. The Morgan fingerprint density at radius 3 is 2.26 bits per heavy atom. The maximum atomic E-state index is 14.4. The van der Waals surface area contributed by atoms with E-state index in [2.05, 4.69) is 15.6 Å². The molecule has 0 unspecified atom stereocenters. The van der Waals surface area contributed by atoms with Crippen molar-refractivity contribution < 1.29 is 45.9 Å². The second-order valence-electron chi connectivity index (χ2n) is 15.7. The molecule has 3 saturated carbocycles. The van der Waals surface area contributed by atoms with Crippen LogP contribution in [0, 0.1) is 11.3 Å². The molecule has 1 saturated heterocycles. The third-order valence-corrected chi connectivity index (χ3v) is 12.3. The number of ether oxygens (including phenoxy) is 2. The van der Waals surface area contributed by atoms with Gasteiger partial charge >= 0.3 is 6.09 Å². The summed E-state index contributed by atoms with van der Waals surface area (Å²) < 4.78 is 66.8. The number of alkyl halides is 2. The molecular formula is C38H47F2N5O8S. The molecule has 3 N–H and O–H groups in total. The molecule has 2 aromatic rings. The molecular weight excluding hydrogens is 725 g/mol. The number of aliphatic imine (C=N–C) groups is 1. The number of sulfonamides is 1. The predicted octanol–water partition coefficient (Wildman–Crippen LogP) is 4.83. The van der Waals surface area contributed by atoms with Gasteiger partial charge in [0.2, 0.25) is 28.3 Å². The highest BCUT2D eigenvalue weighted by Gasteiger charge is 2.66. The number of carbonyl (C=O) groups excluding carboxylic acids is 4. The Bertz CT molecular complexity index is 1860. The van der Waals surface area contributed by atoms with Crippen LogP contribution in [0.3, 0.4) is 0 Å². The van der Waals surface area contributed by atoms with Gasteiger partial charge in [-0.25, -0.2) is 27.0 Å². The molecule has 3 aliphatic carbocycles. The zero-order valence-electron chi connectivity index (χ0n) is 30.5. The fraction of sp³-hybridized carbons (Fsp3) is 0.553. The molecule has 6 rings (SSSR count). The van der Waals surface area contributed by atoms with Crippen LogP contribution >= 0.6 is 0 Å². The van der Waals surface area contributed by atoms with Crippen LogP contribution in [0.1, 0.15) is 72.1 Å². The van der Waals surface area contributed by atoms with Gasteiger partial charge in [-0.2, -0.15) is 0 Å². The molecule has 0 bridgehead atoms. The second kappa shape index (κ2) is 15.6. The summed E-state index contributed by atoms with van der Waals surface area (Å²) in [7, 11) is -4.12. The number of halogens is 2. The van der Waals surface area contributed by atoms with Crippen LogP contribution in [0.4, 0.5) is 19.3 Å². The van der Waals surface area contributed by atoms with Gasteiger partial charge < -0.3 is 25.0 Å². The van der Waals surface area contributed by atoms with Crippen LogP contribution < -0.4 is 15.4 Å². The van der Waals surface area contributed by atoms with Crippen molar-refractivity contribution in [1.82, 2.24) is 20.3 Å². The Balaban J connectivity index is 1.24. The van der Waals surface area contributed by atoms with Crippen LogP contribution in [-0.4, -0.2) is 91.6 Å². The Morgan fingerprint density at radius 2 is 1.63 bits per heavy atom. The van der Waals surface area contributed by atoms with E-state index >= 15 is 0 Å². The van der Waals surface area contributed by atoms with Gasteiger partial charge in [0.25, 0.3) is 5.91 Å². The number of hydrogen-bond donors (Lipinski definition) is 3. The van der Waals surface area contributed by atoms with E-state index in [0.29, 0.717) is 31.4 Å². The van der Waals surface area contributed by atoms with E-state index in [0.717, 1.165) is 24.0 Å². The van der Waals surface area contributed by atoms with Crippen molar-refractivity contribution in [2.75, 3.05) is 6.54 Å². The number of nitrogens with zero attached hydrogens (tertiary/aromatic N) is 2. The normalized spacial score (nSPS) is 25.0. The second-order valence-corrected chi connectivity index (χ2v) is 17.6.